The van der Waals surface area contributed by atoms with Crippen LogP contribution in [0, 0.1) is 0 Å². The van der Waals surface area contributed by atoms with E-state index in [-0.39, 0.29) is 9.59 Å². The third-order valence-corrected chi connectivity index (χ3v) is 15.8. The van der Waals surface area contributed by atoms with E-state index in [1.807, 2.05) is 0 Å². The van der Waals surface area contributed by atoms with Crippen LogP contribution in [0.25, 0.3) is 110 Å². The normalized spacial score (nSPS) is 16.8. The Hall–Kier alpha value is -7.86. The van der Waals surface area contributed by atoms with Crippen molar-refractivity contribution < 1.29 is 0 Å². The lowest BCUT2D eigenvalue weighted by Gasteiger charge is -2.36. The summed E-state index contributed by atoms with van der Waals surface area (Å²) in [6.45, 7) is 0. The molecule has 2 aliphatic heterocycles. The van der Waals surface area contributed by atoms with Crippen molar-refractivity contribution in [2.45, 2.75) is 9.59 Å². The lowest BCUT2D eigenvalue weighted by atomic mass is 9.84. The predicted molar refractivity (Wildman–Crippen MR) is 297 cm³/mol. The van der Waals surface area contributed by atoms with Crippen LogP contribution in [-0.4, -0.2) is 15.4 Å². The third kappa shape index (κ3) is 6.19. The molecule has 1 aliphatic carbocycles. The monoisotopic (exact) mass is 976 g/mol. The number of halogens is 1. The van der Waals surface area contributed by atoms with E-state index in [1.165, 1.54) is 121 Å². The summed E-state index contributed by atoms with van der Waals surface area (Å²) in [7, 11) is 0. The van der Waals surface area contributed by atoms with Crippen molar-refractivity contribution in [2.75, 3.05) is 4.90 Å². The van der Waals surface area contributed by atoms with E-state index in [4.69, 9.17) is 4.99 Å². The largest absolute Gasteiger partial charge is 0.315 e. The van der Waals surface area contributed by atoms with Crippen LogP contribution < -0.4 is 4.90 Å². The number of allylic oxidation sites excluding steroid dienone is 2. The minimum absolute atomic E-state index is 0.141. The van der Waals surface area contributed by atoms with E-state index in [0.29, 0.717) is 0 Å². The van der Waals surface area contributed by atoms with E-state index >= 15 is 0 Å². The summed E-state index contributed by atoms with van der Waals surface area (Å²) in [5.74, 6) is 1.05. The molecule has 2 unspecified atom stereocenters. The van der Waals surface area contributed by atoms with Gasteiger partial charge in [-0.25, -0.2) is 4.99 Å². The van der Waals surface area contributed by atoms with Gasteiger partial charge in [-0.1, -0.05) is 206 Å². The van der Waals surface area contributed by atoms with Gasteiger partial charge >= 0.3 is 0 Å². The van der Waals surface area contributed by atoms with Gasteiger partial charge in [0.2, 0.25) is 0 Å². The lowest BCUT2D eigenvalue weighted by molar-refractivity contribution is 0.715. The van der Waals surface area contributed by atoms with Crippen molar-refractivity contribution in [2.24, 2.45) is 4.99 Å². The van der Waals surface area contributed by atoms with Gasteiger partial charge in [0.05, 0.1) is 11.7 Å². The molecule has 0 aromatic heterocycles. The number of anilines is 1. The first-order valence-electron chi connectivity index (χ1n) is 23.4. The Labute approximate surface area is 409 Å². The molecule has 0 saturated carbocycles. The molecule has 2 heterocycles. The fraction of sp³-hybridized carbons (Fsp3) is 0.0308. The molecule has 11 aromatic carbocycles. The number of fused-ring (bicyclic) bond motifs is 12. The molecule has 2 atom stereocenters. The average molecular weight is 977 g/mol. The second-order valence-electron chi connectivity index (χ2n) is 18.3. The Balaban J connectivity index is 0.887. The van der Waals surface area contributed by atoms with Gasteiger partial charge in [0.15, 0.2) is 3.55 Å². The summed E-state index contributed by atoms with van der Waals surface area (Å²) in [5.41, 5.74) is 17.0. The molecule has 14 rings (SSSR count). The Morgan fingerprint density at radius 1 is 0.368 bits per heavy atom. The fourth-order valence-electron chi connectivity index (χ4n) is 11.2. The quantitative estimate of drug-likeness (QED) is 0.0726. The van der Waals surface area contributed by atoms with Gasteiger partial charge in [-0.2, -0.15) is 0 Å². The van der Waals surface area contributed by atoms with Crippen molar-refractivity contribution in [3.8, 4) is 66.8 Å². The van der Waals surface area contributed by atoms with Crippen LogP contribution in [0.5, 0.6) is 0 Å². The second-order valence-corrected chi connectivity index (χ2v) is 20.1. The molecule has 0 N–H and O–H groups in total. The molecular formula is C65H41IN2. The molecule has 0 spiro atoms. The van der Waals surface area contributed by atoms with Crippen LogP contribution in [0.4, 0.5) is 5.69 Å². The minimum atomic E-state index is -0.330. The van der Waals surface area contributed by atoms with E-state index in [9.17, 15) is 0 Å². The number of benzene rings is 11. The first kappa shape index (κ1) is 39.3. The number of nitrogens with zero attached hydrogens (tertiary/aromatic N) is 2. The predicted octanol–water partition coefficient (Wildman–Crippen LogP) is 17.5. The van der Waals surface area contributed by atoms with Crippen molar-refractivity contribution in [1.29, 1.82) is 0 Å². The lowest BCUT2D eigenvalue weighted by Crippen LogP contribution is -2.44. The molecule has 0 radical (unpaired) electrons. The topological polar surface area (TPSA) is 15.6 Å². The summed E-state index contributed by atoms with van der Waals surface area (Å²) in [4.78, 5) is 7.80. The van der Waals surface area contributed by atoms with E-state index in [2.05, 4.69) is 270 Å². The second kappa shape index (κ2) is 15.3. The Morgan fingerprint density at radius 3 is 1.57 bits per heavy atom. The summed E-state index contributed by atoms with van der Waals surface area (Å²) in [6, 6.07) is 81.2. The molecule has 0 fully saturated rings. The molecular weight excluding hydrogens is 936 g/mol. The minimum Gasteiger partial charge on any atom is -0.315 e. The van der Waals surface area contributed by atoms with Gasteiger partial charge in [0.25, 0.3) is 0 Å². The van der Waals surface area contributed by atoms with Crippen LogP contribution in [0.15, 0.2) is 248 Å². The Bertz CT molecular complexity index is 3990. The Morgan fingerprint density at radius 2 is 0.868 bits per heavy atom. The van der Waals surface area contributed by atoms with Gasteiger partial charge in [-0.15, -0.1) is 0 Å². The van der Waals surface area contributed by atoms with Crippen LogP contribution in [0.2, 0.25) is 0 Å². The maximum absolute atomic E-state index is 5.37. The summed E-state index contributed by atoms with van der Waals surface area (Å²) < 4.78 is -0.330. The first-order chi connectivity index (χ1) is 33.5. The van der Waals surface area contributed by atoms with Crippen LogP contribution in [0.3, 0.4) is 0 Å². The van der Waals surface area contributed by atoms with Gasteiger partial charge in [-0.05, 0) is 163 Å². The highest BCUT2D eigenvalue weighted by Crippen LogP contribution is 2.50. The van der Waals surface area contributed by atoms with Crippen molar-refractivity contribution in [1.82, 2.24) is 0 Å². The van der Waals surface area contributed by atoms with E-state index < -0.39 is 0 Å². The SMILES string of the molecule is IC12C=CC=CC1N1C(=N2)c2ccc(-c3ccc(-c4ccc5c(-c6ccc(-c7ccc8ccccc8c7)cc6)c6ccccc6c(-c6ccc7ccccc7c6)c5c4)cc3)cc2-c2ccccc21. The highest BCUT2D eigenvalue weighted by atomic mass is 127. The zero-order valence-electron chi connectivity index (χ0n) is 36.9. The summed E-state index contributed by atoms with van der Waals surface area (Å²) in [6.07, 6.45) is 8.79. The number of alkyl halides is 1. The maximum atomic E-state index is 5.37. The van der Waals surface area contributed by atoms with Gasteiger partial charge in [-0.3, -0.25) is 0 Å². The van der Waals surface area contributed by atoms with Crippen LogP contribution in [0.1, 0.15) is 5.56 Å². The fourth-order valence-corrected chi connectivity index (χ4v) is 12.1. The molecule has 2 nitrogen and oxygen atoms in total. The maximum Gasteiger partial charge on any atom is 0.156 e. The van der Waals surface area contributed by atoms with E-state index in [1.54, 1.807) is 0 Å². The number of amidine groups is 1. The smallest absolute Gasteiger partial charge is 0.156 e. The molecule has 11 aromatic rings. The summed E-state index contributed by atoms with van der Waals surface area (Å²) >= 11 is 2.53. The van der Waals surface area contributed by atoms with Crippen molar-refractivity contribution >= 4 is 77.2 Å². The number of aliphatic imine (C=N–C) groups is 1. The molecule has 3 aliphatic rings. The Kier molecular flexibility index (Phi) is 8.87. The highest BCUT2D eigenvalue weighted by molar-refractivity contribution is 14.1. The molecule has 318 valence electrons. The average Bonchev–Trinajstić information content (AvgIpc) is 3.73. The van der Waals surface area contributed by atoms with Gasteiger partial charge in [0.1, 0.15) is 5.84 Å². The van der Waals surface area contributed by atoms with Crippen LogP contribution >= 0.6 is 22.6 Å². The van der Waals surface area contributed by atoms with Crippen molar-refractivity contribution in [3.63, 3.8) is 0 Å². The molecule has 0 bridgehead atoms. The zero-order valence-corrected chi connectivity index (χ0v) is 39.1. The van der Waals surface area contributed by atoms with Gasteiger partial charge < -0.3 is 4.90 Å². The first-order valence-corrected chi connectivity index (χ1v) is 24.5. The number of hydrogen-bond donors (Lipinski definition) is 0. The molecule has 0 amide bonds. The number of rotatable bonds is 5. The standard InChI is InChI=1S/C65H41IN2/c66-65-36-10-9-19-61(65)68-60-18-8-7-15-53(60)58-39-50(33-35-57(58)64(68)67-65)44-20-22-45(23-21-44)51-32-34-56-59(40-51)63(52-31-27-42-12-2-4-14-48(42)38-52)55-17-6-5-16-54(55)62(56)46-28-24-43(25-29-46)49-30-26-41-11-1-3-13-47(41)37-49/h1-40,61H. The number of para-hydroxylation sites is 1. The molecule has 68 heavy (non-hydrogen) atoms. The molecule has 0 saturated heterocycles. The van der Waals surface area contributed by atoms with E-state index in [0.717, 1.165) is 5.84 Å². The van der Waals surface area contributed by atoms with Crippen molar-refractivity contribution in [3.05, 3.63) is 248 Å². The van der Waals surface area contributed by atoms with Gasteiger partial charge in [0, 0.05) is 11.1 Å². The zero-order chi connectivity index (χ0) is 44.9. The third-order valence-electron chi connectivity index (χ3n) is 14.5. The number of hydrogen-bond acceptors (Lipinski definition) is 2. The molecule has 3 heteroatoms. The van der Waals surface area contributed by atoms with Crippen LogP contribution in [-0.2, 0) is 0 Å². The summed E-state index contributed by atoms with van der Waals surface area (Å²) in [5, 5.41) is 9.97. The highest BCUT2D eigenvalue weighted by Gasteiger charge is 2.48.